The van der Waals surface area contributed by atoms with Crippen LogP contribution in [0.25, 0.3) is 0 Å². The summed E-state index contributed by atoms with van der Waals surface area (Å²) in [6, 6.07) is 5.99. The van der Waals surface area contributed by atoms with Crippen molar-refractivity contribution in [2.45, 2.75) is 18.9 Å². The number of hydrogen-bond donors (Lipinski definition) is 1. The monoisotopic (exact) mass is 258 g/mol. The third kappa shape index (κ3) is 3.41. The number of nitrogens with two attached hydrogens (primary N) is 1. The molecule has 0 aromatic heterocycles. The molecular formula is C12H16ClFN2O. The Morgan fingerprint density at radius 3 is 2.59 bits per heavy atom. The first kappa shape index (κ1) is 13.9. The second-order valence-corrected chi connectivity index (χ2v) is 4.14. The fraction of sp³-hybridized carbons (Fsp3) is 0.417. The van der Waals surface area contributed by atoms with Crippen LogP contribution in [0.4, 0.5) is 4.39 Å². The lowest BCUT2D eigenvalue weighted by Crippen LogP contribution is -2.42. The van der Waals surface area contributed by atoms with Gasteiger partial charge in [-0.3, -0.25) is 4.79 Å². The lowest BCUT2D eigenvalue weighted by Gasteiger charge is -2.30. The Labute approximate surface area is 106 Å². The molecule has 3 nitrogen and oxygen atoms in total. The maximum atomic E-state index is 13.0. The minimum atomic E-state index is -0.375. The molecule has 0 atom stereocenters. The van der Waals surface area contributed by atoms with Crippen LogP contribution >= 0.6 is 12.4 Å². The molecule has 1 aliphatic rings. The van der Waals surface area contributed by atoms with E-state index in [9.17, 15) is 9.18 Å². The Bertz CT molecular complexity index is 392. The summed E-state index contributed by atoms with van der Waals surface area (Å²) in [5.74, 6) is -0.481. The Morgan fingerprint density at radius 1 is 1.35 bits per heavy atom. The molecule has 0 spiro atoms. The summed E-state index contributed by atoms with van der Waals surface area (Å²) in [4.78, 5) is 13.7. The molecule has 1 aliphatic heterocycles. The highest BCUT2D eigenvalue weighted by Gasteiger charge is 2.21. The summed E-state index contributed by atoms with van der Waals surface area (Å²) < 4.78 is 13.0. The van der Waals surface area contributed by atoms with Gasteiger partial charge < -0.3 is 10.6 Å². The predicted molar refractivity (Wildman–Crippen MR) is 66.8 cm³/mol. The van der Waals surface area contributed by atoms with E-state index in [2.05, 4.69) is 0 Å². The lowest BCUT2D eigenvalue weighted by atomic mass is 10.0. The number of carbonyl (C=O) groups is 1. The van der Waals surface area contributed by atoms with Gasteiger partial charge in [0.1, 0.15) is 5.82 Å². The Kier molecular flexibility index (Phi) is 4.90. The summed E-state index contributed by atoms with van der Waals surface area (Å²) in [6.07, 6.45) is 1.64. The molecule has 94 valence electrons. The van der Waals surface area contributed by atoms with Crippen molar-refractivity contribution in [1.29, 1.82) is 0 Å². The number of piperidine rings is 1. The maximum absolute atomic E-state index is 13.0. The molecule has 0 bridgehead atoms. The quantitative estimate of drug-likeness (QED) is 0.835. The van der Waals surface area contributed by atoms with Crippen molar-refractivity contribution in [1.82, 2.24) is 4.90 Å². The Balaban J connectivity index is 0.00000144. The van der Waals surface area contributed by atoms with Crippen molar-refractivity contribution in [3.63, 3.8) is 0 Å². The zero-order valence-electron chi connectivity index (χ0n) is 9.43. The molecule has 1 saturated heterocycles. The van der Waals surface area contributed by atoms with E-state index in [0.29, 0.717) is 18.7 Å². The van der Waals surface area contributed by atoms with Crippen molar-refractivity contribution >= 4 is 18.3 Å². The summed E-state index contributed by atoms with van der Waals surface area (Å²) in [6.45, 7) is 1.33. The standard InChI is InChI=1S/C12H15FN2O.ClH/c13-10-3-1-2-9(8-10)12(16)15-6-4-11(14)5-7-15;/h1-3,8,11H,4-7,14H2;1H. The van der Waals surface area contributed by atoms with E-state index in [0.717, 1.165) is 12.8 Å². The first-order valence-electron chi connectivity index (χ1n) is 5.47. The van der Waals surface area contributed by atoms with E-state index in [4.69, 9.17) is 5.73 Å². The largest absolute Gasteiger partial charge is 0.339 e. The number of rotatable bonds is 1. The van der Waals surface area contributed by atoms with Gasteiger partial charge >= 0.3 is 0 Å². The van der Waals surface area contributed by atoms with Gasteiger partial charge in [0, 0.05) is 24.7 Å². The Hall–Kier alpha value is -1.13. The number of hydrogen-bond acceptors (Lipinski definition) is 2. The van der Waals surface area contributed by atoms with Gasteiger partial charge in [0.05, 0.1) is 0 Å². The predicted octanol–water partition coefficient (Wildman–Crippen LogP) is 1.81. The molecule has 1 heterocycles. The van der Waals surface area contributed by atoms with Crippen molar-refractivity contribution in [2.75, 3.05) is 13.1 Å². The third-order valence-corrected chi connectivity index (χ3v) is 2.90. The van der Waals surface area contributed by atoms with Crippen LogP contribution in [0.2, 0.25) is 0 Å². The van der Waals surface area contributed by atoms with Gasteiger partial charge in [-0.25, -0.2) is 4.39 Å². The van der Waals surface area contributed by atoms with Crippen molar-refractivity contribution in [2.24, 2.45) is 5.73 Å². The number of benzene rings is 1. The fourth-order valence-corrected chi connectivity index (χ4v) is 1.91. The molecule has 0 radical (unpaired) electrons. The van der Waals surface area contributed by atoms with E-state index in [1.54, 1.807) is 17.0 Å². The topological polar surface area (TPSA) is 46.3 Å². The molecule has 0 unspecified atom stereocenters. The molecule has 2 N–H and O–H groups in total. The average molecular weight is 259 g/mol. The maximum Gasteiger partial charge on any atom is 0.253 e. The summed E-state index contributed by atoms with van der Waals surface area (Å²) in [5.41, 5.74) is 6.17. The van der Waals surface area contributed by atoms with Crippen LogP contribution in [-0.2, 0) is 0 Å². The highest BCUT2D eigenvalue weighted by atomic mass is 35.5. The minimum Gasteiger partial charge on any atom is -0.339 e. The van der Waals surface area contributed by atoms with Crippen LogP contribution in [0.15, 0.2) is 24.3 Å². The molecule has 1 aromatic carbocycles. The fourth-order valence-electron chi connectivity index (χ4n) is 1.91. The highest BCUT2D eigenvalue weighted by Crippen LogP contribution is 2.13. The molecule has 1 amide bonds. The van der Waals surface area contributed by atoms with Gasteiger partial charge in [-0.2, -0.15) is 0 Å². The number of nitrogens with zero attached hydrogens (tertiary/aromatic N) is 1. The molecule has 1 aromatic rings. The molecule has 2 rings (SSSR count). The minimum absolute atomic E-state index is 0. The average Bonchev–Trinajstić information content (AvgIpc) is 2.29. The zero-order valence-corrected chi connectivity index (χ0v) is 10.3. The second kappa shape index (κ2) is 5.98. The van der Waals surface area contributed by atoms with Crippen molar-refractivity contribution in [3.8, 4) is 0 Å². The summed E-state index contributed by atoms with van der Waals surface area (Å²) in [5, 5.41) is 0. The van der Waals surface area contributed by atoms with Crippen LogP contribution < -0.4 is 5.73 Å². The molecule has 0 aliphatic carbocycles. The number of amides is 1. The van der Waals surface area contributed by atoms with Crippen LogP contribution in [0, 0.1) is 5.82 Å². The van der Waals surface area contributed by atoms with Gasteiger partial charge in [0.25, 0.3) is 5.91 Å². The van der Waals surface area contributed by atoms with Crippen molar-refractivity contribution < 1.29 is 9.18 Å². The number of likely N-dealkylation sites (tertiary alicyclic amines) is 1. The van der Waals surface area contributed by atoms with Gasteiger partial charge in [0.2, 0.25) is 0 Å². The van der Waals surface area contributed by atoms with Gasteiger partial charge in [-0.15, -0.1) is 12.4 Å². The first-order chi connectivity index (χ1) is 7.66. The summed E-state index contributed by atoms with van der Waals surface area (Å²) >= 11 is 0. The van der Waals surface area contributed by atoms with E-state index >= 15 is 0 Å². The Morgan fingerprint density at radius 2 is 2.00 bits per heavy atom. The number of carbonyl (C=O) groups excluding carboxylic acids is 1. The lowest BCUT2D eigenvalue weighted by molar-refractivity contribution is 0.0714. The molecule has 5 heteroatoms. The van der Waals surface area contributed by atoms with Gasteiger partial charge in [-0.1, -0.05) is 6.07 Å². The molecule has 1 fully saturated rings. The third-order valence-electron chi connectivity index (χ3n) is 2.90. The van der Waals surface area contributed by atoms with Crippen molar-refractivity contribution in [3.05, 3.63) is 35.6 Å². The normalized spacial score (nSPS) is 16.5. The smallest absolute Gasteiger partial charge is 0.253 e. The zero-order chi connectivity index (χ0) is 11.5. The van der Waals surface area contributed by atoms with Gasteiger partial charge in [-0.05, 0) is 31.0 Å². The van der Waals surface area contributed by atoms with Crippen LogP contribution in [-0.4, -0.2) is 29.9 Å². The van der Waals surface area contributed by atoms with Gasteiger partial charge in [0.15, 0.2) is 0 Å². The van der Waals surface area contributed by atoms with Crippen LogP contribution in [0.1, 0.15) is 23.2 Å². The van der Waals surface area contributed by atoms with E-state index in [1.807, 2.05) is 0 Å². The van der Waals surface area contributed by atoms with Crippen LogP contribution in [0.3, 0.4) is 0 Å². The second-order valence-electron chi connectivity index (χ2n) is 4.14. The molecule has 17 heavy (non-hydrogen) atoms. The molecule has 0 saturated carbocycles. The highest BCUT2D eigenvalue weighted by molar-refractivity contribution is 5.94. The first-order valence-corrected chi connectivity index (χ1v) is 5.47. The molecular weight excluding hydrogens is 243 g/mol. The summed E-state index contributed by atoms with van der Waals surface area (Å²) in [7, 11) is 0. The SMILES string of the molecule is Cl.NC1CCN(C(=O)c2cccc(F)c2)CC1. The van der Waals surface area contributed by atoms with E-state index in [-0.39, 0.29) is 30.2 Å². The van der Waals surface area contributed by atoms with Crippen LogP contribution in [0.5, 0.6) is 0 Å². The number of halogens is 2. The van der Waals surface area contributed by atoms with E-state index in [1.165, 1.54) is 12.1 Å². The van der Waals surface area contributed by atoms with E-state index < -0.39 is 0 Å².